The number of ether oxygens (including phenoxy) is 1. The van der Waals surface area contributed by atoms with E-state index in [0.29, 0.717) is 0 Å². The molecule has 0 aliphatic rings. The van der Waals surface area contributed by atoms with Gasteiger partial charge in [0.2, 0.25) is 0 Å². The summed E-state index contributed by atoms with van der Waals surface area (Å²) in [5, 5.41) is 0. The second kappa shape index (κ2) is 6.43. The predicted molar refractivity (Wildman–Crippen MR) is 21.9 cm³/mol. The summed E-state index contributed by atoms with van der Waals surface area (Å²) in [6, 6.07) is 0. The number of hydrogen-bond acceptors (Lipinski definition) is 3. The van der Waals surface area contributed by atoms with Crippen LogP contribution in [-0.2, 0) is 9.53 Å². The van der Waals surface area contributed by atoms with Gasteiger partial charge in [0, 0.05) is 6.92 Å². The molecule has 0 amide bonds. The molecule has 3 nitrogen and oxygen atoms in total. The van der Waals surface area contributed by atoms with Gasteiger partial charge in [-0.1, -0.05) is 0 Å². The van der Waals surface area contributed by atoms with Crippen molar-refractivity contribution in [2.24, 2.45) is 5.73 Å². The molecule has 0 aliphatic heterocycles. The standard InChI is InChI=1S/C3H7NO2.Na.H/c1-3(5)6-2-4;;/h2,4H2,1H3;;/q;+1;-1. The van der Waals surface area contributed by atoms with Gasteiger partial charge in [-0.25, -0.2) is 0 Å². The summed E-state index contributed by atoms with van der Waals surface area (Å²) in [4.78, 5) is 9.74. The molecule has 0 bridgehead atoms. The van der Waals surface area contributed by atoms with E-state index in [-0.39, 0.29) is 43.7 Å². The third-order valence-electron chi connectivity index (χ3n) is 0.287. The average molecular weight is 113 g/mol. The van der Waals surface area contributed by atoms with Gasteiger partial charge in [0.1, 0.15) is 6.73 Å². The van der Waals surface area contributed by atoms with E-state index < -0.39 is 0 Å². The van der Waals surface area contributed by atoms with Crippen LogP contribution in [0.5, 0.6) is 0 Å². The molecule has 0 atom stereocenters. The molecule has 7 heavy (non-hydrogen) atoms. The van der Waals surface area contributed by atoms with Crippen molar-refractivity contribution in [1.82, 2.24) is 0 Å². The van der Waals surface area contributed by atoms with Crippen LogP contribution in [-0.4, -0.2) is 12.7 Å². The van der Waals surface area contributed by atoms with Crippen LogP contribution >= 0.6 is 0 Å². The molecule has 0 unspecified atom stereocenters. The van der Waals surface area contributed by atoms with Gasteiger partial charge in [-0.15, -0.1) is 0 Å². The number of carbonyl (C=O) groups excluding carboxylic acids is 1. The van der Waals surface area contributed by atoms with Crippen LogP contribution in [0.4, 0.5) is 0 Å². The van der Waals surface area contributed by atoms with Crippen molar-refractivity contribution in [3.63, 3.8) is 0 Å². The van der Waals surface area contributed by atoms with Crippen LogP contribution in [0.3, 0.4) is 0 Å². The minimum Gasteiger partial charge on any atom is -1.00 e. The first kappa shape index (κ1) is 10.4. The zero-order valence-electron chi connectivity index (χ0n) is 5.60. The van der Waals surface area contributed by atoms with Crippen molar-refractivity contribution < 1.29 is 40.5 Å². The Morgan fingerprint density at radius 2 is 2.43 bits per heavy atom. The molecular formula is C3H8NNaO2. The maximum absolute atomic E-state index is 9.74. The van der Waals surface area contributed by atoms with E-state index in [2.05, 4.69) is 4.74 Å². The molecule has 0 aromatic carbocycles. The Kier molecular flexibility index (Phi) is 9.57. The summed E-state index contributed by atoms with van der Waals surface area (Å²) in [6.45, 7) is 1.29. The molecule has 0 rings (SSSR count). The summed E-state index contributed by atoms with van der Waals surface area (Å²) in [5.74, 6) is -0.336. The normalized spacial score (nSPS) is 6.57. The van der Waals surface area contributed by atoms with Crippen LogP contribution in [0.1, 0.15) is 8.35 Å². The quantitative estimate of drug-likeness (QED) is 0.219. The van der Waals surface area contributed by atoms with Gasteiger partial charge in [0.15, 0.2) is 0 Å². The zero-order valence-corrected chi connectivity index (χ0v) is 6.60. The Labute approximate surface area is 66.0 Å². The fourth-order valence-electron chi connectivity index (χ4n) is 0.117. The fourth-order valence-corrected chi connectivity index (χ4v) is 0.117. The van der Waals surface area contributed by atoms with Gasteiger partial charge in [-0.2, -0.15) is 0 Å². The van der Waals surface area contributed by atoms with E-state index in [1.54, 1.807) is 0 Å². The Bertz CT molecular complexity index is 61.2. The molecule has 0 aliphatic carbocycles. The Hall–Kier alpha value is 0.430. The first-order valence-corrected chi connectivity index (χ1v) is 1.61. The van der Waals surface area contributed by atoms with E-state index in [4.69, 9.17) is 5.73 Å². The van der Waals surface area contributed by atoms with E-state index in [1.165, 1.54) is 6.92 Å². The largest absolute Gasteiger partial charge is 1.00 e. The van der Waals surface area contributed by atoms with Gasteiger partial charge in [-0.3, -0.25) is 10.5 Å². The van der Waals surface area contributed by atoms with Gasteiger partial charge >= 0.3 is 35.5 Å². The molecular weight excluding hydrogens is 105 g/mol. The van der Waals surface area contributed by atoms with Crippen LogP contribution in [0, 0.1) is 0 Å². The van der Waals surface area contributed by atoms with E-state index in [1.807, 2.05) is 0 Å². The summed E-state index contributed by atoms with van der Waals surface area (Å²) < 4.78 is 4.18. The molecule has 4 heteroatoms. The zero-order chi connectivity index (χ0) is 4.99. The molecule has 38 valence electrons. The van der Waals surface area contributed by atoms with E-state index in [0.717, 1.165) is 0 Å². The maximum atomic E-state index is 9.74. The number of hydrogen-bond donors (Lipinski definition) is 1. The topological polar surface area (TPSA) is 52.3 Å². The van der Waals surface area contributed by atoms with E-state index in [9.17, 15) is 4.79 Å². The second-order valence-corrected chi connectivity index (χ2v) is 0.803. The maximum Gasteiger partial charge on any atom is 1.00 e. The Balaban J connectivity index is -0.000000125. The molecule has 0 radical (unpaired) electrons. The van der Waals surface area contributed by atoms with Crippen molar-refractivity contribution >= 4 is 5.97 Å². The summed E-state index contributed by atoms with van der Waals surface area (Å²) in [5.41, 5.74) is 4.79. The minimum atomic E-state index is -0.336. The third-order valence-corrected chi connectivity index (χ3v) is 0.287. The fraction of sp³-hybridized carbons (Fsp3) is 0.667. The van der Waals surface area contributed by atoms with E-state index >= 15 is 0 Å². The average Bonchev–Trinajstić information content (AvgIpc) is 1.35. The first-order valence-electron chi connectivity index (χ1n) is 1.61. The second-order valence-electron chi connectivity index (χ2n) is 0.803. The van der Waals surface area contributed by atoms with Crippen LogP contribution in [0.2, 0.25) is 0 Å². The Morgan fingerprint density at radius 1 is 2.00 bits per heavy atom. The molecule has 0 saturated heterocycles. The third kappa shape index (κ3) is 10.7. The van der Waals surface area contributed by atoms with Crippen molar-refractivity contribution in [2.75, 3.05) is 6.73 Å². The summed E-state index contributed by atoms with van der Waals surface area (Å²) in [7, 11) is 0. The molecule has 0 heterocycles. The smallest absolute Gasteiger partial charge is 1.00 e. The molecule has 0 fully saturated rings. The number of esters is 1. The molecule has 0 saturated carbocycles. The van der Waals surface area contributed by atoms with Crippen LogP contribution < -0.4 is 35.3 Å². The number of nitrogens with two attached hydrogens (primary N) is 1. The Morgan fingerprint density at radius 3 is 2.43 bits per heavy atom. The number of carbonyl (C=O) groups is 1. The predicted octanol–water partition coefficient (Wildman–Crippen LogP) is -3.42. The van der Waals surface area contributed by atoms with Crippen molar-refractivity contribution in [2.45, 2.75) is 6.92 Å². The molecule has 0 aromatic rings. The van der Waals surface area contributed by atoms with Crippen molar-refractivity contribution in [3.05, 3.63) is 0 Å². The van der Waals surface area contributed by atoms with Crippen LogP contribution in [0.15, 0.2) is 0 Å². The van der Waals surface area contributed by atoms with Gasteiger partial charge < -0.3 is 6.16 Å². The molecule has 0 spiro atoms. The van der Waals surface area contributed by atoms with Gasteiger partial charge in [0.05, 0.1) is 0 Å². The van der Waals surface area contributed by atoms with Crippen molar-refractivity contribution in [3.8, 4) is 0 Å². The molecule has 2 N–H and O–H groups in total. The summed E-state index contributed by atoms with van der Waals surface area (Å²) in [6.07, 6.45) is 0. The van der Waals surface area contributed by atoms with Gasteiger partial charge in [-0.05, 0) is 0 Å². The number of rotatable bonds is 1. The SMILES string of the molecule is CC(=O)OCN.[H-].[Na+]. The summed E-state index contributed by atoms with van der Waals surface area (Å²) >= 11 is 0. The first-order chi connectivity index (χ1) is 2.77. The molecule has 0 aromatic heterocycles. The van der Waals surface area contributed by atoms with Gasteiger partial charge in [0.25, 0.3) is 0 Å². The van der Waals surface area contributed by atoms with Crippen LogP contribution in [0.25, 0.3) is 0 Å². The van der Waals surface area contributed by atoms with Crippen molar-refractivity contribution in [1.29, 1.82) is 0 Å². The monoisotopic (exact) mass is 113 g/mol. The minimum absolute atomic E-state index is 0.